The molecular weight excluding hydrogens is 386 g/mol. The van der Waals surface area contributed by atoms with Crippen LogP contribution in [0, 0.1) is 0 Å². The lowest BCUT2D eigenvalue weighted by Crippen LogP contribution is -2.13. The molecule has 8 heteroatoms. The largest absolute Gasteiger partial charge is 0.497 e. The Morgan fingerprint density at radius 2 is 2.10 bits per heavy atom. The first-order valence-corrected chi connectivity index (χ1v) is 10.5. The number of pyridine rings is 1. The van der Waals surface area contributed by atoms with E-state index in [0.29, 0.717) is 16.6 Å². The van der Waals surface area contributed by atoms with Crippen LogP contribution in [0.2, 0.25) is 0 Å². The van der Waals surface area contributed by atoms with Gasteiger partial charge in [-0.05, 0) is 51.0 Å². The smallest absolute Gasteiger partial charge is 0.258 e. The second-order valence-electron chi connectivity index (χ2n) is 7.60. The van der Waals surface area contributed by atoms with E-state index < -0.39 is 0 Å². The molecule has 148 valence electrons. The van der Waals surface area contributed by atoms with Crippen molar-refractivity contribution in [1.29, 1.82) is 0 Å². The number of aromatic nitrogens is 4. The first-order chi connectivity index (χ1) is 14.0. The molecule has 1 N–H and O–H groups in total. The standard InChI is InChI=1S/C21H21N5O2S/c1-11(2)26-19-15(10-22-26)14(9-17(23-19)12-4-5-12)20(27)25-21-24-16-7-6-13(28-3)8-18(16)29-21/h6-12H,4-5H2,1-3H3,(H,24,25,27). The number of ether oxygens (including phenoxy) is 1. The van der Waals surface area contributed by atoms with Crippen LogP contribution in [-0.4, -0.2) is 32.8 Å². The van der Waals surface area contributed by atoms with E-state index >= 15 is 0 Å². The molecular formula is C21H21N5O2S. The third-order valence-electron chi connectivity index (χ3n) is 5.13. The van der Waals surface area contributed by atoms with Gasteiger partial charge in [-0.25, -0.2) is 14.6 Å². The van der Waals surface area contributed by atoms with Crippen LogP contribution in [0.4, 0.5) is 5.13 Å². The fourth-order valence-electron chi connectivity index (χ4n) is 3.44. The molecule has 1 aliphatic carbocycles. The Morgan fingerprint density at radius 3 is 2.83 bits per heavy atom. The summed E-state index contributed by atoms with van der Waals surface area (Å²) in [5.41, 5.74) is 3.17. The maximum absolute atomic E-state index is 13.2. The first kappa shape index (κ1) is 18.1. The highest BCUT2D eigenvalue weighted by Gasteiger charge is 2.28. The van der Waals surface area contributed by atoms with E-state index in [1.165, 1.54) is 11.3 Å². The highest BCUT2D eigenvalue weighted by atomic mass is 32.1. The molecule has 0 saturated heterocycles. The molecule has 29 heavy (non-hydrogen) atoms. The topological polar surface area (TPSA) is 81.9 Å². The predicted molar refractivity (Wildman–Crippen MR) is 114 cm³/mol. The number of anilines is 1. The molecule has 0 aliphatic heterocycles. The number of hydrogen-bond acceptors (Lipinski definition) is 6. The Balaban J connectivity index is 1.53. The van der Waals surface area contributed by atoms with Gasteiger partial charge < -0.3 is 4.74 Å². The molecule has 3 heterocycles. The summed E-state index contributed by atoms with van der Waals surface area (Å²) in [6.45, 7) is 4.13. The molecule has 1 aromatic carbocycles. The van der Waals surface area contributed by atoms with Gasteiger partial charge in [0.15, 0.2) is 10.8 Å². The Bertz CT molecular complexity index is 1240. The number of amides is 1. The monoisotopic (exact) mass is 407 g/mol. The van der Waals surface area contributed by atoms with Crippen LogP contribution in [-0.2, 0) is 0 Å². The van der Waals surface area contributed by atoms with Gasteiger partial charge in [0, 0.05) is 17.7 Å². The van der Waals surface area contributed by atoms with E-state index in [4.69, 9.17) is 9.72 Å². The molecule has 3 aromatic heterocycles. The van der Waals surface area contributed by atoms with E-state index in [0.717, 1.165) is 45.5 Å². The molecule has 0 radical (unpaired) electrons. The average molecular weight is 407 g/mol. The molecule has 0 spiro atoms. The molecule has 0 atom stereocenters. The van der Waals surface area contributed by atoms with Crippen molar-refractivity contribution < 1.29 is 9.53 Å². The zero-order valence-electron chi connectivity index (χ0n) is 16.5. The zero-order valence-corrected chi connectivity index (χ0v) is 17.3. The van der Waals surface area contributed by atoms with Gasteiger partial charge in [0.2, 0.25) is 0 Å². The van der Waals surface area contributed by atoms with Gasteiger partial charge in [0.05, 0.1) is 34.5 Å². The van der Waals surface area contributed by atoms with Gasteiger partial charge in [0.25, 0.3) is 5.91 Å². The number of carbonyl (C=O) groups is 1. The van der Waals surface area contributed by atoms with Gasteiger partial charge in [-0.3, -0.25) is 10.1 Å². The minimum absolute atomic E-state index is 0.171. The number of nitrogens with one attached hydrogen (secondary N) is 1. The van der Waals surface area contributed by atoms with Crippen molar-refractivity contribution in [3.63, 3.8) is 0 Å². The van der Waals surface area contributed by atoms with E-state index in [9.17, 15) is 4.79 Å². The fourth-order valence-corrected chi connectivity index (χ4v) is 4.33. The van der Waals surface area contributed by atoms with Crippen LogP contribution in [0.3, 0.4) is 0 Å². The van der Waals surface area contributed by atoms with Crippen LogP contribution in [0.25, 0.3) is 21.3 Å². The molecule has 1 aliphatic rings. The highest BCUT2D eigenvalue weighted by molar-refractivity contribution is 7.22. The van der Waals surface area contributed by atoms with Crippen molar-refractivity contribution in [2.24, 2.45) is 0 Å². The minimum Gasteiger partial charge on any atom is -0.497 e. The SMILES string of the molecule is COc1ccc2nc(NC(=O)c3cc(C4CC4)nc4c3cnn4C(C)C)sc2c1. The second kappa shape index (κ2) is 6.81. The van der Waals surface area contributed by atoms with Crippen LogP contribution in [0.5, 0.6) is 5.75 Å². The molecule has 0 bridgehead atoms. The normalized spacial score (nSPS) is 14.1. The quantitative estimate of drug-likeness (QED) is 0.516. The van der Waals surface area contributed by atoms with Crippen LogP contribution >= 0.6 is 11.3 Å². The summed E-state index contributed by atoms with van der Waals surface area (Å²) < 4.78 is 8.11. The summed E-state index contributed by atoms with van der Waals surface area (Å²) in [7, 11) is 1.63. The van der Waals surface area contributed by atoms with Gasteiger partial charge >= 0.3 is 0 Å². The molecule has 5 rings (SSSR count). The van der Waals surface area contributed by atoms with E-state index in [1.54, 1.807) is 13.3 Å². The van der Waals surface area contributed by atoms with Crippen LogP contribution < -0.4 is 10.1 Å². The van der Waals surface area contributed by atoms with Crippen LogP contribution in [0.15, 0.2) is 30.5 Å². The Morgan fingerprint density at radius 1 is 1.28 bits per heavy atom. The number of carbonyl (C=O) groups excluding carboxylic acids is 1. The lowest BCUT2D eigenvalue weighted by atomic mass is 10.1. The van der Waals surface area contributed by atoms with Gasteiger partial charge in [-0.1, -0.05) is 11.3 Å². The summed E-state index contributed by atoms with van der Waals surface area (Å²) in [5, 5.41) is 8.76. The van der Waals surface area contributed by atoms with Crippen molar-refractivity contribution in [3.05, 3.63) is 41.7 Å². The molecule has 1 fully saturated rings. The third-order valence-corrected chi connectivity index (χ3v) is 6.07. The summed E-state index contributed by atoms with van der Waals surface area (Å²) in [4.78, 5) is 22.5. The number of methoxy groups -OCH3 is 1. The zero-order chi connectivity index (χ0) is 20.1. The second-order valence-corrected chi connectivity index (χ2v) is 8.63. The van der Waals surface area contributed by atoms with E-state index in [-0.39, 0.29) is 11.9 Å². The maximum Gasteiger partial charge on any atom is 0.258 e. The van der Waals surface area contributed by atoms with Crippen molar-refractivity contribution in [2.75, 3.05) is 12.4 Å². The summed E-state index contributed by atoms with van der Waals surface area (Å²) in [6, 6.07) is 7.76. The van der Waals surface area contributed by atoms with E-state index in [2.05, 4.69) is 29.2 Å². The van der Waals surface area contributed by atoms with Crippen molar-refractivity contribution >= 4 is 43.6 Å². The average Bonchev–Trinajstić information content (AvgIpc) is 3.34. The number of benzene rings is 1. The molecule has 1 amide bonds. The Hall–Kier alpha value is -3.00. The fraction of sp³-hybridized carbons (Fsp3) is 0.333. The number of hydrogen-bond donors (Lipinski definition) is 1. The lowest BCUT2D eigenvalue weighted by Gasteiger charge is -2.10. The molecule has 1 saturated carbocycles. The molecule has 4 aromatic rings. The maximum atomic E-state index is 13.2. The van der Waals surface area contributed by atoms with E-state index in [1.807, 2.05) is 28.9 Å². The number of rotatable bonds is 5. The predicted octanol–water partition coefficient (Wildman–Crippen LogP) is 4.76. The molecule has 7 nitrogen and oxygen atoms in total. The number of fused-ring (bicyclic) bond motifs is 2. The first-order valence-electron chi connectivity index (χ1n) is 9.67. The third kappa shape index (κ3) is 3.23. The number of thiazole rings is 1. The summed E-state index contributed by atoms with van der Waals surface area (Å²) >= 11 is 1.43. The van der Waals surface area contributed by atoms with Gasteiger partial charge in [0.1, 0.15) is 5.75 Å². The van der Waals surface area contributed by atoms with Gasteiger partial charge in [-0.2, -0.15) is 5.10 Å². The van der Waals surface area contributed by atoms with Crippen molar-refractivity contribution in [2.45, 2.75) is 38.6 Å². The van der Waals surface area contributed by atoms with Crippen LogP contribution in [0.1, 0.15) is 54.7 Å². The molecule has 0 unspecified atom stereocenters. The van der Waals surface area contributed by atoms with Crippen molar-refractivity contribution in [3.8, 4) is 5.75 Å². The summed E-state index contributed by atoms with van der Waals surface area (Å²) in [6.07, 6.45) is 3.97. The minimum atomic E-state index is -0.186. The Kier molecular flexibility index (Phi) is 4.24. The number of nitrogens with zero attached hydrogens (tertiary/aromatic N) is 4. The lowest BCUT2D eigenvalue weighted by molar-refractivity contribution is 0.102. The summed E-state index contributed by atoms with van der Waals surface area (Å²) in [5.74, 6) is 1.02. The van der Waals surface area contributed by atoms with Crippen molar-refractivity contribution in [1.82, 2.24) is 19.7 Å². The Labute approximate surface area is 171 Å². The van der Waals surface area contributed by atoms with Gasteiger partial charge in [-0.15, -0.1) is 0 Å². The highest BCUT2D eigenvalue weighted by Crippen LogP contribution is 2.40.